The Labute approximate surface area is 140 Å². The zero-order valence-corrected chi connectivity index (χ0v) is 13.0. The first-order valence-electron chi connectivity index (χ1n) is 7.61. The highest BCUT2D eigenvalue weighted by Gasteiger charge is 2.25. The van der Waals surface area contributed by atoms with E-state index in [4.69, 9.17) is 0 Å². The topological polar surface area (TPSA) is 59.1 Å². The van der Waals surface area contributed by atoms with E-state index in [1.54, 1.807) is 36.7 Å². The van der Waals surface area contributed by atoms with Crippen LogP contribution in [0.5, 0.6) is 0 Å². The molecule has 0 aliphatic heterocycles. The number of para-hydroxylation sites is 1. The minimum Gasteiger partial charge on any atom is -0.354 e. The molecule has 0 fully saturated rings. The minimum absolute atomic E-state index is 0.0504. The molecule has 1 heterocycles. The number of anilines is 2. The fourth-order valence-electron chi connectivity index (χ4n) is 2.43. The van der Waals surface area contributed by atoms with Gasteiger partial charge in [-0.05, 0) is 24.3 Å². The van der Waals surface area contributed by atoms with Crippen LogP contribution in [0.4, 0.5) is 11.4 Å². The van der Waals surface area contributed by atoms with Gasteiger partial charge in [0, 0.05) is 23.0 Å². The first kappa shape index (κ1) is 15.6. The first-order valence-corrected chi connectivity index (χ1v) is 7.61. The molecule has 4 heteroatoms. The Morgan fingerprint density at radius 2 is 1.29 bits per heavy atom. The van der Waals surface area contributed by atoms with Crippen molar-refractivity contribution in [2.45, 2.75) is 6.42 Å². The molecule has 118 valence electrons. The number of rotatable bonds is 2. The highest BCUT2D eigenvalue weighted by Crippen LogP contribution is 2.20. The number of aromatic nitrogens is 1. The summed E-state index contributed by atoms with van der Waals surface area (Å²) in [7, 11) is 0. The number of hydrogen-bond acceptors (Lipinski definition) is 4. The van der Waals surface area contributed by atoms with Gasteiger partial charge in [0.15, 0.2) is 11.6 Å². The number of benzene rings is 2. The average Bonchev–Trinajstić information content (AvgIpc) is 2.92. The van der Waals surface area contributed by atoms with E-state index in [1.165, 1.54) is 0 Å². The van der Waals surface area contributed by atoms with Crippen LogP contribution < -0.4 is 5.32 Å². The van der Waals surface area contributed by atoms with Gasteiger partial charge in [0.25, 0.3) is 0 Å². The molecule has 1 aromatic heterocycles. The lowest BCUT2D eigenvalue weighted by Gasteiger charge is -2.03. The number of fused-ring (bicyclic) bond motifs is 1. The maximum Gasteiger partial charge on any atom is 0.171 e. The summed E-state index contributed by atoms with van der Waals surface area (Å²) in [5, 5.41) is 3.24. The maximum atomic E-state index is 11.1. The molecule has 0 atom stereocenters. The summed E-state index contributed by atoms with van der Waals surface area (Å²) in [6.45, 7) is 0. The highest BCUT2D eigenvalue weighted by molar-refractivity contribution is 6.24. The molecule has 1 N–H and O–H groups in total. The molecule has 0 saturated carbocycles. The molecule has 4 nitrogen and oxygen atoms in total. The van der Waals surface area contributed by atoms with Gasteiger partial charge in [-0.25, -0.2) is 0 Å². The second-order valence-corrected chi connectivity index (χ2v) is 5.30. The molecule has 0 bridgehead atoms. The molecule has 0 saturated heterocycles. The van der Waals surface area contributed by atoms with Crippen LogP contribution in [0, 0.1) is 0 Å². The Kier molecular flexibility index (Phi) is 4.77. The molecule has 1 aliphatic carbocycles. The van der Waals surface area contributed by atoms with Gasteiger partial charge in [-0.3, -0.25) is 14.6 Å². The van der Waals surface area contributed by atoms with E-state index in [0.29, 0.717) is 11.1 Å². The van der Waals surface area contributed by atoms with Crippen LogP contribution >= 0.6 is 0 Å². The number of nitrogens with zero attached hydrogens (tertiary/aromatic N) is 1. The third-order valence-electron chi connectivity index (χ3n) is 3.57. The Hall–Kier alpha value is -3.27. The smallest absolute Gasteiger partial charge is 0.171 e. The Balaban J connectivity index is 0.000000143. The molecule has 2 aromatic carbocycles. The van der Waals surface area contributed by atoms with Gasteiger partial charge in [0.05, 0.1) is 18.3 Å². The Bertz CT molecular complexity index is 775. The lowest BCUT2D eigenvalue weighted by atomic mass is 10.1. The molecular formula is C20H16N2O2. The van der Waals surface area contributed by atoms with E-state index in [9.17, 15) is 9.59 Å². The van der Waals surface area contributed by atoms with E-state index in [0.717, 1.165) is 11.4 Å². The van der Waals surface area contributed by atoms with Gasteiger partial charge < -0.3 is 5.32 Å². The zero-order chi connectivity index (χ0) is 16.8. The van der Waals surface area contributed by atoms with Gasteiger partial charge >= 0.3 is 0 Å². The van der Waals surface area contributed by atoms with Crippen molar-refractivity contribution in [3.05, 3.63) is 90.3 Å². The van der Waals surface area contributed by atoms with Crippen molar-refractivity contribution in [3.8, 4) is 0 Å². The summed E-state index contributed by atoms with van der Waals surface area (Å²) in [6, 6.07) is 20.9. The molecule has 0 amide bonds. The first-order chi connectivity index (χ1) is 11.7. The van der Waals surface area contributed by atoms with Crippen molar-refractivity contribution in [3.63, 3.8) is 0 Å². The Morgan fingerprint density at radius 1 is 0.708 bits per heavy atom. The zero-order valence-electron chi connectivity index (χ0n) is 13.0. The standard InChI is InChI=1S/C11H10N2.C9H6O2/c1-2-5-10(6-3-1)13-11-7-4-8-12-9-11;10-8-5-9(11)7-4-2-1-3-6(7)8/h1-9,13H;1-4H,5H2. The number of pyridine rings is 1. The van der Waals surface area contributed by atoms with Crippen LogP contribution in [0.2, 0.25) is 0 Å². The number of hydrogen-bond donors (Lipinski definition) is 1. The van der Waals surface area contributed by atoms with Crippen molar-refractivity contribution in [1.82, 2.24) is 4.98 Å². The third-order valence-corrected chi connectivity index (χ3v) is 3.57. The molecule has 0 unspecified atom stereocenters. The molecule has 1 aliphatic rings. The predicted molar refractivity (Wildman–Crippen MR) is 93.7 cm³/mol. The van der Waals surface area contributed by atoms with Gasteiger partial charge in [0.2, 0.25) is 0 Å². The fourth-order valence-corrected chi connectivity index (χ4v) is 2.43. The van der Waals surface area contributed by atoms with Crippen molar-refractivity contribution in [2.75, 3.05) is 5.32 Å². The summed E-state index contributed by atoms with van der Waals surface area (Å²) < 4.78 is 0. The summed E-state index contributed by atoms with van der Waals surface area (Å²) >= 11 is 0. The van der Waals surface area contributed by atoms with Crippen LogP contribution in [0.15, 0.2) is 79.1 Å². The van der Waals surface area contributed by atoms with Gasteiger partial charge in [-0.2, -0.15) is 0 Å². The van der Waals surface area contributed by atoms with Crippen LogP contribution in [-0.2, 0) is 0 Å². The highest BCUT2D eigenvalue weighted by atomic mass is 16.2. The molecule has 0 spiro atoms. The number of Topliss-reactive ketones (excluding diaryl/α,β-unsaturated/α-hetero) is 2. The second-order valence-electron chi connectivity index (χ2n) is 5.30. The van der Waals surface area contributed by atoms with Crippen LogP contribution in [0.3, 0.4) is 0 Å². The summed E-state index contributed by atoms with van der Waals surface area (Å²) in [5.41, 5.74) is 3.25. The second kappa shape index (κ2) is 7.33. The summed E-state index contributed by atoms with van der Waals surface area (Å²) in [4.78, 5) is 26.1. The van der Waals surface area contributed by atoms with E-state index in [1.807, 2.05) is 42.5 Å². The van der Waals surface area contributed by atoms with Crippen molar-refractivity contribution >= 4 is 22.9 Å². The number of carbonyl (C=O) groups is 2. The minimum atomic E-state index is -0.0504. The van der Waals surface area contributed by atoms with E-state index in [-0.39, 0.29) is 18.0 Å². The number of nitrogens with one attached hydrogen (secondary N) is 1. The largest absolute Gasteiger partial charge is 0.354 e. The molecule has 4 rings (SSSR count). The third kappa shape index (κ3) is 3.73. The quantitative estimate of drug-likeness (QED) is 0.717. The number of carbonyl (C=O) groups excluding carboxylic acids is 2. The molecule has 0 radical (unpaired) electrons. The van der Waals surface area contributed by atoms with Crippen molar-refractivity contribution < 1.29 is 9.59 Å². The predicted octanol–water partition coefficient (Wildman–Crippen LogP) is 4.28. The lowest BCUT2D eigenvalue weighted by Crippen LogP contribution is -1.90. The average molecular weight is 316 g/mol. The molecule has 3 aromatic rings. The summed E-state index contributed by atoms with van der Waals surface area (Å²) in [6.07, 6.45) is 3.61. The SMILES string of the molecule is O=C1CC(=O)c2ccccc21.c1ccc(Nc2cccnc2)cc1. The van der Waals surface area contributed by atoms with Crippen LogP contribution in [0.25, 0.3) is 0 Å². The van der Waals surface area contributed by atoms with Crippen LogP contribution in [-0.4, -0.2) is 16.6 Å². The van der Waals surface area contributed by atoms with Crippen molar-refractivity contribution in [1.29, 1.82) is 0 Å². The fraction of sp³-hybridized carbons (Fsp3) is 0.0500. The molecular weight excluding hydrogens is 300 g/mol. The van der Waals surface area contributed by atoms with Crippen molar-refractivity contribution in [2.24, 2.45) is 0 Å². The molecule has 24 heavy (non-hydrogen) atoms. The van der Waals surface area contributed by atoms with E-state index in [2.05, 4.69) is 10.3 Å². The monoisotopic (exact) mass is 316 g/mol. The van der Waals surface area contributed by atoms with Gasteiger partial charge in [-0.15, -0.1) is 0 Å². The normalized spacial score (nSPS) is 12.2. The maximum absolute atomic E-state index is 11.1. The van der Waals surface area contributed by atoms with Gasteiger partial charge in [-0.1, -0.05) is 42.5 Å². The van der Waals surface area contributed by atoms with E-state index >= 15 is 0 Å². The summed E-state index contributed by atoms with van der Waals surface area (Å²) in [5.74, 6) is -0.101. The number of ketones is 2. The van der Waals surface area contributed by atoms with E-state index < -0.39 is 0 Å². The lowest BCUT2D eigenvalue weighted by molar-refractivity contribution is 0.0923. The van der Waals surface area contributed by atoms with Crippen LogP contribution in [0.1, 0.15) is 27.1 Å². The Morgan fingerprint density at radius 3 is 1.88 bits per heavy atom. The van der Waals surface area contributed by atoms with Gasteiger partial charge in [0.1, 0.15) is 0 Å².